The van der Waals surface area contributed by atoms with Crippen LogP contribution in [0, 0.1) is 0 Å². The largest absolute Gasteiger partial charge is 0.394 e. The van der Waals surface area contributed by atoms with Gasteiger partial charge in [-0.25, -0.2) is 0 Å². The van der Waals surface area contributed by atoms with Gasteiger partial charge in [0.1, 0.15) is 25.1 Å². The molecule has 0 radical (unpaired) electrons. The first kappa shape index (κ1) is 16.7. The molecule has 1 heterocycles. The molecule has 0 spiro atoms. The Morgan fingerprint density at radius 3 is 2.41 bits per heavy atom. The van der Waals surface area contributed by atoms with Crippen molar-refractivity contribution in [3.05, 3.63) is 72.3 Å². The normalized spacial score (nSPS) is 21.3. The molecule has 2 N–H and O–H groups in total. The molecule has 4 nitrogen and oxygen atoms in total. The van der Waals surface area contributed by atoms with E-state index in [0.29, 0.717) is 0 Å². The fourth-order valence-corrected chi connectivity index (χ4v) is 4.11. The van der Waals surface area contributed by atoms with E-state index in [1.807, 2.05) is 24.3 Å². The van der Waals surface area contributed by atoms with Crippen molar-refractivity contribution in [2.75, 3.05) is 13.4 Å². The van der Waals surface area contributed by atoms with Gasteiger partial charge in [0.05, 0.1) is 6.61 Å². The summed E-state index contributed by atoms with van der Waals surface area (Å²) in [6.07, 6.45) is -1.99. The van der Waals surface area contributed by atoms with Crippen molar-refractivity contribution in [2.24, 2.45) is 0 Å². The Labute approximate surface area is 156 Å². The van der Waals surface area contributed by atoms with Crippen LogP contribution in [0.15, 0.2) is 66.7 Å². The summed E-state index contributed by atoms with van der Waals surface area (Å²) in [7, 11) is 0. The molecule has 1 aliphatic heterocycles. The molecular weight excluding hydrogens is 340 g/mol. The van der Waals surface area contributed by atoms with Crippen molar-refractivity contribution in [3.63, 3.8) is 0 Å². The molecule has 1 aliphatic rings. The summed E-state index contributed by atoms with van der Waals surface area (Å²) in [6.45, 7) is -0.0962. The zero-order chi connectivity index (χ0) is 18.4. The Morgan fingerprint density at radius 2 is 1.59 bits per heavy atom. The highest BCUT2D eigenvalue weighted by Crippen LogP contribution is 2.36. The molecule has 27 heavy (non-hydrogen) atoms. The van der Waals surface area contributed by atoms with Gasteiger partial charge in [-0.15, -0.1) is 0 Å². The molecule has 0 amide bonds. The van der Waals surface area contributed by atoms with Crippen molar-refractivity contribution >= 4 is 32.3 Å². The summed E-state index contributed by atoms with van der Waals surface area (Å²) in [4.78, 5) is 0. The lowest BCUT2D eigenvalue weighted by molar-refractivity contribution is -0.0149. The summed E-state index contributed by atoms with van der Waals surface area (Å²) in [5.74, 6) is 0. The summed E-state index contributed by atoms with van der Waals surface area (Å²) in [5.41, 5.74) is 0.794. The molecule has 0 saturated carbocycles. The fraction of sp³-hybridized carbons (Fsp3) is 0.217. The van der Waals surface area contributed by atoms with Gasteiger partial charge >= 0.3 is 0 Å². The van der Waals surface area contributed by atoms with Crippen LogP contribution in [-0.2, 0) is 9.47 Å². The summed E-state index contributed by atoms with van der Waals surface area (Å²) in [5, 5.41) is 27.3. The quantitative estimate of drug-likeness (QED) is 0.430. The van der Waals surface area contributed by atoms with E-state index >= 15 is 0 Å². The second-order valence-electron chi connectivity index (χ2n) is 7.01. The van der Waals surface area contributed by atoms with E-state index in [9.17, 15) is 10.2 Å². The molecule has 4 heteroatoms. The summed E-state index contributed by atoms with van der Waals surface area (Å²) < 4.78 is 11.0. The first-order valence-corrected chi connectivity index (χ1v) is 9.12. The van der Waals surface area contributed by atoms with E-state index < -0.39 is 18.3 Å². The van der Waals surface area contributed by atoms with Crippen molar-refractivity contribution in [1.82, 2.24) is 0 Å². The standard InChI is InChI=1S/C23H20O4/c24-12-20-23(27-13-26-20)22(25)18-7-3-6-14-8-9-17-10-15-4-1-2-5-16(15)11-19(17)21(14)18/h1-11,20,22-25H,12-13H2. The highest BCUT2D eigenvalue weighted by molar-refractivity contribution is 6.13. The van der Waals surface area contributed by atoms with Gasteiger partial charge in [-0.3, -0.25) is 0 Å². The lowest BCUT2D eigenvalue weighted by Crippen LogP contribution is -2.32. The monoisotopic (exact) mass is 360 g/mol. The molecule has 3 unspecified atom stereocenters. The van der Waals surface area contributed by atoms with Crippen molar-refractivity contribution < 1.29 is 19.7 Å². The maximum Gasteiger partial charge on any atom is 0.148 e. The molecule has 136 valence electrons. The van der Waals surface area contributed by atoms with E-state index in [0.717, 1.165) is 32.5 Å². The molecule has 0 aromatic heterocycles. The van der Waals surface area contributed by atoms with Gasteiger partial charge in [0.2, 0.25) is 0 Å². The lowest BCUT2D eigenvalue weighted by Gasteiger charge is -2.23. The second-order valence-corrected chi connectivity index (χ2v) is 7.01. The minimum Gasteiger partial charge on any atom is -0.394 e. The van der Waals surface area contributed by atoms with Gasteiger partial charge in [-0.1, -0.05) is 54.6 Å². The van der Waals surface area contributed by atoms with Crippen molar-refractivity contribution in [1.29, 1.82) is 0 Å². The molecule has 4 aromatic carbocycles. The van der Waals surface area contributed by atoms with Crippen LogP contribution in [0.2, 0.25) is 0 Å². The van der Waals surface area contributed by atoms with Gasteiger partial charge in [-0.2, -0.15) is 0 Å². The average Bonchev–Trinajstić information content (AvgIpc) is 3.20. The Bertz CT molecular complexity index is 1140. The Kier molecular flexibility index (Phi) is 4.06. The first-order valence-electron chi connectivity index (χ1n) is 9.12. The molecule has 1 saturated heterocycles. The third kappa shape index (κ3) is 2.69. The van der Waals surface area contributed by atoms with Crippen LogP contribution in [0.25, 0.3) is 32.3 Å². The zero-order valence-corrected chi connectivity index (χ0v) is 14.7. The number of benzene rings is 4. The maximum absolute atomic E-state index is 11.1. The number of ether oxygens (including phenoxy) is 2. The van der Waals surface area contributed by atoms with Crippen LogP contribution in [0.1, 0.15) is 11.7 Å². The van der Waals surface area contributed by atoms with E-state index in [4.69, 9.17) is 9.47 Å². The van der Waals surface area contributed by atoms with Gasteiger partial charge in [-0.05, 0) is 50.0 Å². The van der Waals surface area contributed by atoms with E-state index in [2.05, 4.69) is 42.5 Å². The van der Waals surface area contributed by atoms with Crippen LogP contribution in [-0.4, -0.2) is 35.8 Å². The molecule has 3 atom stereocenters. The molecule has 1 fully saturated rings. The average molecular weight is 360 g/mol. The molecule has 0 aliphatic carbocycles. The van der Waals surface area contributed by atoms with Crippen LogP contribution in [0.4, 0.5) is 0 Å². The molecular formula is C23H20O4. The number of aliphatic hydroxyl groups is 2. The van der Waals surface area contributed by atoms with Gasteiger partial charge in [0.15, 0.2) is 0 Å². The number of rotatable bonds is 3. The predicted octanol–water partition coefficient (Wildman–Crippen LogP) is 3.91. The van der Waals surface area contributed by atoms with Gasteiger partial charge < -0.3 is 19.7 Å². The van der Waals surface area contributed by atoms with Crippen LogP contribution < -0.4 is 0 Å². The first-order chi connectivity index (χ1) is 13.3. The Morgan fingerprint density at radius 1 is 0.852 bits per heavy atom. The number of aliphatic hydroxyl groups excluding tert-OH is 2. The molecule has 5 rings (SSSR count). The van der Waals surface area contributed by atoms with E-state index in [1.54, 1.807) is 0 Å². The SMILES string of the molecule is OCC1OCOC1C(O)c1cccc2ccc3cc4ccccc4cc3c12. The van der Waals surface area contributed by atoms with E-state index in [-0.39, 0.29) is 13.4 Å². The second kappa shape index (κ2) is 6.59. The summed E-state index contributed by atoms with van der Waals surface area (Å²) in [6, 6.07) is 22.8. The third-order valence-corrected chi connectivity index (χ3v) is 5.48. The molecule has 4 aromatic rings. The number of hydrogen-bond donors (Lipinski definition) is 2. The minimum atomic E-state index is -0.884. The van der Waals surface area contributed by atoms with Crippen LogP contribution in [0.3, 0.4) is 0 Å². The highest BCUT2D eigenvalue weighted by Gasteiger charge is 2.36. The number of hydrogen-bond acceptors (Lipinski definition) is 4. The topological polar surface area (TPSA) is 58.9 Å². The van der Waals surface area contributed by atoms with Gasteiger partial charge in [0, 0.05) is 0 Å². The highest BCUT2D eigenvalue weighted by atomic mass is 16.7. The molecule has 0 bridgehead atoms. The summed E-state index contributed by atoms with van der Waals surface area (Å²) >= 11 is 0. The lowest BCUT2D eigenvalue weighted by atomic mass is 9.91. The number of fused-ring (bicyclic) bond motifs is 4. The fourth-order valence-electron chi connectivity index (χ4n) is 4.11. The predicted molar refractivity (Wildman–Crippen MR) is 106 cm³/mol. The van der Waals surface area contributed by atoms with Crippen LogP contribution in [0.5, 0.6) is 0 Å². The van der Waals surface area contributed by atoms with Crippen LogP contribution >= 0.6 is 0 Å². The van der Waals surface area contributed by atoms with Crippen molar-refractivity contribution in [3.8, 4) is 0 Å². The maximum atomic E-state index is 11.1. The smallest absolute Gasteiger partial charge is 0.148 e. The Balaban J connectivity index is 1.76. The van der Waals surface area contributed by atoms with E-state index in [1.165, 1.54) is 5.39 Å². The zero-order valence-electron chi connectivity index (χ0n) is 14.7. The van der Waals surface area contributed by atoms with Gasteiger partial charge in [0.25, 0.3) is 0 Å². The Hall–Kier alpha value is -2.50. The minimum absolute atomic E-state index is 0.0864. The third-order valence-electron chi connectivity index (χ3n) is 5.48. The van der Waals surface area contributed by atoms with Crippen molar-refractivity contribution in [2.45, 2.75) is 18.3 Å².